The molecule has 0 unspecified atom stereocenters. The minimum atomic E-state index is -0.641. The number of hydrogen-bond acceptors (Lipinski definition) is 7. The van der Waals surface area contributed by atoms with E-state index in [4.69, 9.17) is 9.47 Å². The summed E-state index contributed by atoms with van der Waals surface area (Å²) in [4.78, 5) is 35.5. The number of benzene rings is 1. The topological polar surface area (TPSA) is 82.8 Å². The summed E-state index contributed by atoms with van der Waals surface area (Å²) in [6.45, 7) is 3.75. The van der Waals surface area contributed by atoms with Crippen LogP contribution in [0.2, 0.25) is 0 Å². The maximum atomic E-state index is 13.4. The van der Waals surface area contributed by atoms with Crippen LogP contribution in [-0.2, 0) is 9.53 Å². The van der Waals surface area contributed by atoms with E-state index in [9.17, 15) is 9.59 Å². The number of pyridine rings is 1. The molecule has 8 heteroatoms. The van der Waals surface area contributed by atoms with Crippen molar-refractivity contribution in [1.82, 2.24) is 9.55 Å². The van der Waals surface area contributed by atoms with Gasteiger partial charge in [0, 0.05) is 12.4 Å². The Balaban J connectivity index is 1.95. The van der Waals surface area contributed by atoms with Crippen LogP contribution < -0.4 is 19.6 Å². The highest BCUT2D eigenvalue weighted by atomic mass is 32.1. The maximum absolute atomic E-state index is 13.4. The maximum Gasteiger partial charge on any atom is 0.338 e. The van der Waals surface area contributed by atoms with Crippen LogP contribution >= 0.6 is 11.3 Å². The number of carbonyl (C=O) groups is 1. The largest absolute Gasteiger partial charge is 0.497 e. The second-order valence-corrected chi connectivity index (χ2v) is 7.87. The van der Waals surface area contributed by atoms with Crippen LogP contribution in [0.3, 0.4) is 0 Å². The Morgan fingerprint density at radius 1 is 1.26 bits per heavy atom. The number of methoxy groups -OCH3 is 1. The molecule has 158 valence electrons. The third kappa shape index (κ3) is 3.94. The van der Waals surface area contributed by atoms with Gasteiger partial charge >= 0.3 is 5.97 Å². The minimum absolute atomic E-state index is 0.220. The molecule has 0 saturated carbocycles. The highest BCUT2D eigenvalue weighted by Gasteiger charge is 2.33. The van der Waals surface area contributed by atoms with Gasteiger partial charge in [-0.05, 0) is 49.2 Å². The van der Waals surface area contributed by atoms with E-state index in [-0.39, 0.29) is 12.2 Å². The molecule has 0 fully saturated rings. The molecule has 31 heavy (non-hydrogen) atoms. The minimum Gasteiger partial charge on any atom is -0.497 e. The summed E-state index contributed by atoms with van der Waals surface area (Å²) in [5.41, 5.74) is 2.26. The van der Waals surface area contributed by atoms with E-state index in [1.54, 1.807) is 56.1 Å². The van der Waals surface area contributed by atoms with Gasteiger partial charge in [0.05, 0.1) is 35.6 Å². The van der Waals surface area contributed by atoms with Gasteiger partial charge in [-0.15, -0.1) is 0 Å². The van der Waals surface area contributed by atoms with Crippen LogP contribution in [0.4, 0.5) is 0 Å². The Morgan fingerprint density at radius 2 is 2.03 bits per heavy atom. The zero-order chi connectivity index (χ0) is 22.0. The summed E-state index contributed by atoms with van der Waals surface area (Å²) >= 11 is 1.28. The molecule has 1 aliphatic rings. The predicted octanol–water partition coefficient (Wildman–Crippen LogP) is 2.20. The third-order valence-electron chi connectivity index (χ3n) is 4.93. The first-order valence-corrected chi connectivity index (χ1v) is 10.6. The van der Waals surface area contributed by atoms with Crippen LogP contribution in [0.5, 0.6) is 5.75 Å². The lowest BCUT2D eigenvalue weighted by molar-refractivity contribution is -0.139. The summed E-state index contributed by atoms with van der Waals surface area (Å²) in [5, 5.41) is 0. The van der Waals surface area contributed by atoms with Gasteiger partial charge in [-0.2, -0.15) is 0 Å². The van der Waals surface area contributed by atoms with Crippen molar-refractivity contribution < 1.29 is 14.3 Å². The molecule has 0 spiro atoms. The molecule has 0 saturated heterocycles. The monoisotopic (exact) mass is 435 g/mol. The molecule has 0 bridgehead atoms. The molecule has 0 amide bonds. The Bertz CT molecular complexity index is 1320. The fourth-order valence-corrected chi connectivity index (χ4v) is 4.55. The highest BCUT2D eigenvalue weighted by molar-refractivity contribution is 7.07. The van der Waals surface area contributed by atoms with Gasteiger partial charge in [-0.1, -0.05) is 29.5 Å². The molecule has 3 heterocycles. The predicted molar refractivity (Wildman–Crippen MR) is 118 cm³/mol. The number of ether oxygens (including phenoxy) is 2. The first kappa shape index (κ1) is 20.7. The molecule has 1 aromatic carbocycles. The van der Waals surface area contributed by atoms with Crippen molar-refractivity contribution in [2.75, 3.05) is 13.7 Å². The molecule has 1 atom stereocenters. The van der Waals surface area contributed by atoms with E-state index >= 15 is 0 Å². The molecule has 3 aromatic rings. The van der Waals surface area contributed by atoms with E-state index < -0.39 is 12.0 Å². The summed E-state index contributed by atoms with van der Waals surface area (Å²) < 4.78 is 12.6. The summed E-state index contributed by atoms with van der Waals surface area (Å²) in [6.07, 6.45) is 5.15. The second kappa shape index (κ2) is 8.69. The average molecular weight is 436 g/mol. The molecule has 7 nitrogen and oxygen atoms in total. The van der Waals surface area contributed by atoms with Crippen LogP contribution in [0.1, 0.15) is 31.0 Å². The number of rotatable bonds is 5. The van der Waals surface area contributed by atoms with E-state index in [1.165, 1.54) is 11.3 Å². The highest BCUT2D eigenvalue weighted by Crippen LogP contribution is 2.31. The van der Waals surface area contributed by atoms with Gasteiger partial charge < -0.3 is 9.47 Å². The number of thiazole rings is 1. The second-order valence-electron chi connectivity index (χ2n) is 6.86. The third-order valence-corrected chi connectivity index (χ3v) is 5.91. The Labute approximate surface area is 182 Å². The molecule has 0 radical (unpaired) electrons. The van der Waals surface area contributed by atoms with Gasteiger partial charge in [0.1, 0.15) is 5.75 Å². The van der Waals surface area contributed by atoms with Gasteiger partial charge in [-0.25, -0.2) is 9.79 Å². The Hall–Kier alpha value is -3.52. The van der Waals surface area contributed by atoms with E-state index in [0.717, 1.165) is 11.1 Å². The molecular weight excluding hydrogens is 414 g/mol. The average Bonchev–Trinajstić information content (AvgIpc) is 3.08. The Morgan fingerprint density at radius 3 is 2.68 bits per heavy atom. The molecular formula is C23H21N3O4S. The number of carbonyl (C=O) groups excluding carboxylic acids is 1. The van der Waals surface area contributed by atoms with Crippen LogP contribution in [-0.4, -0.2) is 29.2 Å². The van der Waals surface area contributed by atoms with Crippen molar-refractivity contribution in [1.29, 1.82) is 0 Å². The number of hydrogen-bond donors (Lipinski definition) is 0. The SMILES string of the molecule is CCOC(=O)C1=C(C)N=c2sc(=Cc3cccnc3)c(=O)n2[C@@H]1c1ccc(OC)cc1. The van der Waals surface area contributed by atoms with Crippen molar-refractivity contribution >= 4 is 23.4 Å². The fourth-order valence-electron chi connectivity index (χ4n) is 3.51. The van der Waals surface area contributed by atoms with Gasteiger partial charge in [0.25, 0.3) is 5.56 Å². The van der Waals surface area contributed by atoms with E-state index in [2.05, 4.69) is 9.98 Å². The molecule has 0 aliphatic carbocycles. The summed E-state index contributed by atoms with van der Waals surface area (Å²) in [6, 6.07) is 10.3. The summed E-state index contributed by atoms with van der Waals surface area (Å²) in [5.74, 6) is 0.206. The van der Waals surface area contributed by atoms with Gasteiger partial charge in [0.15, 0.2) is 4.80 Å². The van der Waals surface area contributed by atoms with E-state index in [1.807, 2.05) is 24.3 Å². The lowest BCUT2D eigenvalue weighted by Crippen LogP contribution is -2.39. The zero-order valence-corrected chi connectivity index (χ0v) is 18.2. The first-order valence-electron chi connectivity index (χ1n) is 9.77. The van der Waals surface area contributed by atoms with Crippen LogP contribution in [0, 0.1) is 0 Å². The molecule has 0 N–H and O–H groups in total. The van der Waals surface area contributed by atoms with E-state index in [0.29, 0.717) is 26.4 Å². The lowest BCUT2D eigenvalue weighted by atomic mass is 9.96. The lowest BCUT2D eigenvalue weighted by Gasteiger charge is -2.24. The normalized spacial score (nSPS) is 16.0. The number of nitrogens with zero attached hydrogens (tertiary/aromatic N) is 3. The standard InChI is InChI=1S/C23H21N3O4S/c1-4-30-22(28)19-14(2)25-23-26(20(19)16-7-9-17(29-3)10-8-16)21(27)18(31-23)12-15-6-5-11-24-13-15/h5-13,20H,4H2,1-3H3/t20-/m1/s1. The zero-order valence-electron chi connectivity index (χ0n) is 17.4. The number of fused-ring (bicyclic) bond motifs is 1. The number of allylic oxidation sites excluding steroid dienone is 1. The number of esters is 1. The first-order chi connectivity index (χ1) is 15.0. The van der Waals surface area contributed by atoms with Crippen LogP contribution in [0.25, 0.3) is 6.08 Å². The van der Waals surface area contributed by atoms with Crippen molar-refractivity contribution in [2.24, 2.45) is 4.99 Å². The van der Waals surface area contributed by atoms with Crippen LogP contribution in [0.15, 0.2) is 69.8 Å². The van der Waals surface area contributed by atoms with Crippen molar-refractivity contribution in [2.45, 2.75) is 19.9 Å². The molecule has 2 aromatic heterocycles. The Kier molecular flexibility index (Phi) is 5.81. The quantitative estimate of drug-likeness (QED) is 0.574. The van der Waals surface area contributed by atoms with Crippen molar-refractivity contribution in [3.63, 3.8) is 0 Å². The van der Waals surface area contributed by atoms with Crippen molar-refractivity contribution in [3.05, 3.63) is 90.9 Å². The fraction of sp³-hybridized carbons (Fsp3) is 0.217. The van der Waals surface area contributed by atoms with Crippen molar-refractivity contribution in [3.8, 4) is 5.75 Å². The molecule has 4 rings (SSSR count). The molecule has 1 aliphatic heterocycles. The van der Waals surface area contributed by atoms with Gasteiger partial charge in [0.2, 0.25) is 0 Å². The van der Waals surface area contributed by atoms with Gasteiger partial charge in [-0.3, -0.25) is 14.3 Å². The smallest absolute Gasteiger partial charge is 0.338 e. The number of aromatic nitrogens is 2. The summed E-state index contributed by atoms with van der Waals surface area (Å²) in [7, 11) is 1.59.